The van der Waals surface area contributed by atoms with Crippen LogP contribution in [0.4, 0.5) is 0 Å². The van der Waals surface area contributed by atoms with Crippen molar-refractivity contribution in [2.24, 2.45) is 0 Å². The van der Waals surface area contributed by atoms with Crippen LogP contribution in [0.3, 0.4) is 0 Å². The van der Waals surface area contributed by atoms with Crippen LogP contribution < -0.4 is 0 Å². The van der Waals surface area contributed by atoms with Gasteiger partial charge in [0, 0.05) is 19.3 Å². The van der Waals surface area contributed by atoms with Gasteiger partial charge in [-0.25, -0.2) is 4.57 Å². The van der Waals surface area contributed by atoms with Gasteiger partial charge in [-0.1, -0.05) is 226 Å². The molecule has 0 saturated carbocycles. The summed E-state index contributed by atoms with van der Waals surface area (Å²) in [6.45, 7) is 4.34. The molecule has 456 valence electrons. The third-order valence-electron chi connectivity index (χ3n) is 12.8. The molecule has 0 amide bonds. The fourth-order valence-corrected chi connectivity index (χ4v) is 8.92. The number of esters is 3. The zero-order chi connectivity index (χ0) is 58.3. The normalized spacial score (nSPS) is 14.1. The molecule has 0 aromatic heterocycles. The lowest BCUT2D eigenvalue weighted by atomic mass is 10.1. The molecule has 12 heteroatoms. The van der Waals surface area contributed by atoms with Gasteiger partial charge in [0.2, 0.25) is 0 Å². The third kappa shape index (κ3) is 58.5. The smallest absolute Gasteiger partial charge is 0.462 e. The van der Waals surface area contributed by atoms with E-state index >= 15 is 0 Å². The maximum absolute atomic E-state index is 13.0. The van der Waals surface area contributed by atoms with Gasteiger partial charge in [-0.05, 0) is 128 Å². The minimum absolute atomic E-state index is 0.142. The monoisotopic (exact) mass is 1140 g/mol. The largest absolute Gasteiger partial charge is 0.472 e. The number of allylic oxidation sites excluding steroid dienone is 20. The maximum atomic E-state index is 13.0. The number of phosphoric ester groups is 1. The number of ether oxygens (including phenoxy) is 3. The predicted octanol–water partition coefficient (Wildman–Crippen LogP) is 19.1. The Kier molecular flexibility index (Phi) is 57.8. The second-order valence-electron chi connectivity index (χ2n) is 20.5. The number of carbonyl (C=O) groups excluding carboxylic acids is 3. The van der Waals surface area contributed by atoms with E-state index in [-0.39, 0.29) is 25.9 Å². The Balaban J connectivity index is 4.79. The predicted molar refractivity (Wildman–Crippen MR) is 334 cm³/mol. The molecule has 0 aliphatic carbocycles. The summed E-state index contributed by atoms with van der Waals surface area (Å²) in [5, 5.41) is 9.85. The molecule has 3 atom stereocenters. The van der Waals surface area contributed by atoms with Gasteiger partial charge in [0.25, 0.3) is 0 Å². The summed E-state index contributed by atoms with van der Waals surface area (Å²) >= 11 is 0. The summed E-state index contributed by atoms with van der Waals surface area (Å²) in [6.07, 6.45) is 75.7. The van der Waals surface area contributed by atoms with Crippen LogP contribution in [-0.4, -0.2) is 66.5 Å². The van der Waals surface area contributed by atoms with Gasteiger partial charge in [0.05, 0.1) is 19.8 Å². The van der Waals surface area contributed by atoms with E-state index in [2.05, 4.69) is 142 Å². The molecule has 2 N–H and O–H groups in total. The van der Waals surface area contributed by atoms with Crippen molar-refractivity contribution in [1.29, 1.82) is 0 Å². The van der Waals surface area contributed by atoms with Crippen LogP contribution in [0.1, 0.15) is 252 Å². The Labute approximate surface area is 487 Å². The van der Waals surface area contributed by atoms with Crippen LogP contribution in [-0.2, 0) is 42.2 Å². The Bertz CT molecular complexity index is 1800. The number of hydrogen-bond donors (Lipinski definition) is 2. The average Bonchev–Trinajstić information content (AvgIpc) is 3.45. The van der Waals surface area contributed by atoms with E-state index in [1.54, 1.807) is 0 Å². The van der Waals surface area contributed by atoms with Crippen LogP contribution in [0.15, 0.2) is 122 Å². The Morgan fingerprint density at radius 2 is 0.650 bits per heavy atom. The molecule has 11 nitrogen and oxygen atoms in total. The van der Waals surface area contributed by atoms with Gasteiger partial charge >= 0.3 is 25.7 Å². The molecule has 0 fully saturated rings. The van der Waals surface area contributed by atoms with Crippen LogP contribution in [0.2, 0.25) is 0 Å². The van der Waals surface area contributed by atoms with E-state index in [1.165, 1.54) is 57.8 Å². The van der Waals surface area contributed by atoms with Gasteiger partial charge in [-0.15, -0.1) is 0 Å². The second kappa shape index (κ2) is 61.0. The lowest BCUT2D eigenvalue weighted by Crippen LogP contribution is -2.30. The molecule has 0 aliphatic rings. The quantitative estimate of drug-likeness (QED) is 0.0197. The Morgan fingerprint density at radius 1 is 0.362 bits per heavy atom. The first kappa shape index (κ1) is 75.9. The van der Waals surface area contributed by atoms with Crippen molar-refractivity contribution in [3.63, 3.8) is 0 Å². The highest BCUT2D eigenvalue weighted by molar-refractivity contribution is 7.47. The van der Waals surface area contributed by atoms with Gasteiger partial charge in [-0.2, -0.15) is 0 Å². The SMILES string of the molecule is CC/C=C\C/C=C\C/C=C\C/C=C\CCCCCCC(=O)OCC(COP(=O)(O)OCC(CO)OC(=O)CCCCCC/C=C\C/C=C\C/C=C\C/C=C\CC)OC(=O)CCCCCCCCCCC/C=C\C/C=C\CCCCC. The maximum Gasteiger partial charge on any atom is 0.472 e. The summed E-state index contributed by atoms with van der Waals surface area (Å²) in [4.78, 5) is 48.7. The standard InChI is InChI=1S/C68H113O11P/c1-4-7-10-13-16-19-22-25-28-31-32-35-38-41-44-47-50-53-56-59-68(72)79-65(61-75-66(70)57-54-51-48-45-42-39-36-33-29-26-23-20-17-14-11-8-5-2)63-77-80(73,74)76-62-64(60-69)78-67(71)58-55-52-49-46-43-40-37-34-30-27-24-21-18-15-12-9-6-3/h8-9,11-12,16-21,25-30,36-37,39-40,64-65,69H,4-7,10,13-15,22-24,31-35,38,41-63H2,1-3H3,(H,73,74)/b11-8-,12-9-,19-16-,20-17-,21-18-,28-25-,29-26-,30-27-,39-36-,40-37-. The lowest BCUT2D eigenvalue weighted by molar-refractivity contribution is -0.161. The second-order valence-corrected chi connectivity index (χ2v) is 21.9. The molecule has 0 aromatic rings. The highest BCUT2D eigenvalue weighted by Crippen LogP contribution is 2.43. The molecular formula is C68H113O11P. The van der Waals surface area contributed by atoms with Gasteiger partial charge in [0.15, 0.2) is 6.10 Å². The Hall–Kier alpha value is -4.12. The molecule has 0 heterocycles. The molecule has 3 unspecified atom stereocenters. The third-order valence-corrected chi connectivity index (χ3v) is 13.8. The lowest BCUT2D eigenvalue weighted by Gasteiger charge is -2.21. The summed E-state index contributed by atoms with van der Waals surface area (Å²) in [5.41, 5.74) is 0. The average molecular weight is 1140 g/mol. The van der Waals surface area contributed by atoms with Crippen molar-refractivity contribution in [2.75, 3.05) is 26.4 Å². The van der Waals surface area contributed by atoms with Crippen molar-refractivity contribution in [3.8, 4) is 0 Å². The molecule has 0 aromatic carbocycles. The molecule has 0 rings (SSSR count). The van der Waals surface area contributed by atoms with Crippen LogP contribution in [0, 0.1) is 0 Å². The summed E-state index contributed by atoms with van der Waals surface area (Å²) in [5.74, 6) is -1.53. The molecule has 80 heavy (non-hydrogen) atoms. The van der Waals surface area contributed by atoms with E-state index in [1.807, 2.05) is 0 Å². The highest BCUT2D eigenvalue weighted by atomic mass is 31.2. The molecule has 0 saturated heterocycles. The first-order valence-corrected chi connectivity index (χ1v) is 32.9. The zero-order valence-electron chi connectivity index (χ0n) is 50.5. The number of hydrogen-bond acceptors (Lipinski definition) is 10. The van der Waals surface area contributed by atoms with Crippen LogP contribution in [0.5, 0.6) is 0 Å². The van der Waals surface area contributed by atoms with Crippen molar-refractivity contribution in [3.05, 3.63) is 122 Å². The minimum Gasteiger partial charge on any atom is -0.462 e. The van der Waals surface area contributed by atoms with E-state index in [0.29, 0.717) is 19.3 Å². The summed E-state index contributed by atoms with van der Waals surface area (Å²) < 4.78 is 39.6. The Morgan fingerprint density at radius 3 is 1.00 bits per heavy atom. The number of aliphatic hydroxyl groups excluding tert-OH is 1. The summed E-state index contributed by atoms with van der Waals surface area (Å²) in [7, 11) is -4.77. The van der Waals surface area contributed by atoms with Crippen molar-refractivity contribution >= 4 is 25.7 Å². The van der Waals surface area contributed by atoms with Crippen molar-refractivity contribution < 1.29 is 52.2 Å². The first-order valence-electron chi connectivity index (χ1n) is 31.4. The van der Waals surface area contributed by atoms with E-state index in [9.17, 15) is 28.9 Å². The fraction of sp³-hybridized carbons (Fsp3) is 0.662. The topological polar surface area (TPSA) is 155 Å². The number of aliphatic hydroxyl groups is 1. The molecule has 0 radical (unpaired) electrons. The number of carbonyl (C=O) groups is 3. The van der Waals surface area contributed by atoms with Crippen molar-refractivity contribution in [1.82, 2.24) is 0 Å². The minimum atomic E-state index is -4.77. The van der Waals surface area contributed by atoms with Crippen LogP contribution >= 0.6 is 7.82 Å². The highest BCUT2D eigenvalue weighted by Gasteiger charge is 2.28. The molecule has 0 spiro atoms. The fourth-order valence-electron chi connectivity index (χ4n) is 8.13. The zero-order valence-corrected chi connectivity index (χ0v) is 51.4. The van der Waals surface area contributed by atoms with Gasteiger partial charge < -0.3 is 24.2 Å². The van der Waals surface area contributed by atoms with E-state index < -0.39 is 57.8 Å². The number of phosphoric acid groups is 1. The number of unbranched alkanes of at least 4 members (excludes halogenated alkanes) is 20. The molecule has 0 bridgehead atoms. The molecular weight excluding hydrogens is 1020 g/mol. The van der Waals surface area contributed by atoms with E-state index in [4.69, 9.17) is 23.3 Å². The number of rotatable bonds is 57. The van der Waals surface area contributed by atoms with E-state index in [0.717, 1.165) is 135 Å². The first-order chi connectivity index (χ1) is 39.2. The van der Waals surface area contributed by atoms with Crippen molar-refractivity contribution in [2.45, 2.75) is 264 Å². The van der Waals surface area contributed by atoms with Crippen LogP contribution in [0.25, 0.3) is 0 Å². The molecule has 0 aliphatic heterocycles. The van der Waals surface area contributed by atoms with Gasteiger partial charge in [0.1, 0.15) is 12.7 Å². The van der Waals surface area contributed by atoms with Gasteiger partial charge in [-0.3, -0.25) is 23.4 Å². The summed E-state index contributed by atoms with van der Waals surface area (Å²) in [6, 6.07) is 0.